The van der Waals surface area contributed by atoms with Crippen molar-refractivity contribution in [2.75, 3.05) is 11.3 Å². The third kappa shape index (κ3) is 7.45. The van der Waals surface area contributed by atoms with Gasteiger partial charge in [0.2, 0.25) is 5.91 Å². The lowest BCUT2D eigenvalue weighted by Gasteiger charge is -2.17. The Kier molecular flexibility index (Phi) is 8.75. The predicted molar refractivity (Wildman–Crippen MR) is 124 cm³/mol. The smallest absolute Gasteiger partial charge is 0.475 e. The van der Waals surface area contributed by atoms with Gasteiger partial charge >= 0.3 is 12.1 Å². The predicted octanol–water partition coefficient (Wildman–Crippen LogP) is 4.69. The topological polar surface area (TPSA) is 113 Å². The lowest BCUT2D eigenvalue weighted by Crippen LogP contribution is -2.36. The minimum Gasteiger partial charge on any atom is -0.475 e. The number of sulfonamides is 1. The molecule has 3 rings (SSSR count). The Hall–Kier alpha value is -2.60. The van der Waals surface area contributed by atoms with Crippen LogP contribution in [0.4, 0.5) is 18.9 Å². The minimum absolute atomic E-state index is 0.0550. The van der Waals surface area contributed by atoms with Crippen LogP contribution in [0.3, 0.4) is 0 Å². The third-order valence-electron chi connectivity index (χ3n) is 4.91. The van der Waals surface area contributed by atoms with Crippen molar-refractivity contribution in [2.45, 2.75) is 43.2 Å². The molecule has 12 heteroatoms. The van der Waals surface area contributed by atoms with Crippen LogP contribution in [-0.4, -0.2) is 38.1 Å². The summed E-state index contributed by atoms with van der Waals surface area (Å²) in [4.78, 5) is 21.6. The summed E-state index contributed by atoms with van der Waals surface area (Å²) in [5.41, 5.74) is 0.938. The van der Waals surface area contributed by atoms with Gasteiger partial charge < -0.3 is 10.4 Å². The van der Waals surface area contributed by atoms with Gasteiger partial charge in [0, 0.05) is 16.7 Å². The Morgan fingerprint density at radius 2 is 1.56 bits per heavy atom. The van der Waals surface area contributed by atoms with Gasteiger partial charge in [-0.2, -0.15) is 13.2 Å². The molecule has 0 spiro atoms. The van der Waals surface area contributed by atoms with Crippen molar-refractivity contribution in [3.8, 4) is 0 Å². The van der Waals surface area contributed by atoms with E-state index in [1.54, 1.807) is 36.4 Å². The Morgan fingerprint density at radius 1 is 1.06 bits per heavy atom. The second-order valence-electron chi connectivity index (χ2n) is 8.13. The second kappa shape index (κ2) is 10.8. The second-order valence-corrected chi connectivity index (χ2v) is 10.7. The molecular weight excluding hydrogens is 541 g/mol. The molecule has 0 unspecified atom stereocenters. The first-order valence-corrected chi connectivity index (χ1v) is 12.4. The molecule has 0 saturated heterocycles. The SMILES string of the molecule is CC(C)CNC(=O)C1(c2ccc(NS(=O)(=O)c3ccc(Br)cc3)cc2)CC1.O=C(O)C(F)(F)F. The summed E-state index contributed by atoms with van der Waals surface area (Å²) in [6, 6.07) is 13.5. The fourth-order valence-corrected chi connectivity index (χ4v) is 4.25. The average Bonchev–Trinajstić information content (AvgIpc) is 3.54. The quantitative estimate of drug-likeness (QED) is 0.451. The Balaban J connectivity index is 0.000000509. The van der Waals surface area contributed by atoms with Crippen LogP contribution >= 0.6 is 15.9 Å². The van der Waals surface area contributed by atoms with Gasteiger partial charge in [0.1, 0.15) is 0 Å². The van der Waals surface area contributed by atoms with E-state index in [-0.39, 0.29) is 10.8 Å². The largest absolute Gasteiger partial charge is 0.490 e. The van der Waals surface area contributed by atoms with Crippen LogP contribution < -0.4 is 10.0 Å². The maximum absolute atomic E-state index is 12.5. The van der Waals surface area contributed by atoms with E-state index in [0.717, 1.165) is 22.9 Å². The minimum atomic E-state index is -5.08. The van der Waals surface area contributed by atoms with Gasteiger partial charge in [0.25, 0.3) is 10.0 Å². The molecule has 0 aliphatic heterocycles. The van der Waals surface area contributed by atoms with Crippen molar-refractivity contribution >= 4 is 43.5 Å². The zero-order valence-corrected chi connectivity index (χ0v) is 20.7. The van der Waals surface area contributed by atoms with E-state index in [1.807, 2.05) is 12.1 Å². The number of hydrogen-bond acceptors (Lipinski definition) is 4. The molecule has 3 N–H and O–H groups in total. The molecule has 0 bridgehead atoms. The van der Waals surface area contributed by atoms with Crippen LogP contribution in [0.1, 0.15) is 32.3 Å². The fraction of sp³-hybridized carbons (Fsp3) is 0.364. The summed E-state index contributed by atoms with van der Waals surface area (Å²) in [5.74, 6) is -2.30. The van der Waals surface area contributed by atoms with Crippen LogP contribution in [0, 0.1) is 5.92 Å². The molecule has 34 heavy (non-hydrogen) atoms. The molecule has 2 aromatic rings. The lowest BCUT2D eigenvalue weighted by molar-refractivity contribution is -0.192. The number of hydrogen-bond donors (Lipinski definition) is 3. The van der Waals surface area contributed by atoms with Gasteiger partial charge in [0.05, 0.1) is 10.3 Å². The van der Waals surface area contributed by atoms with Crippen molar-refractivity contribution in [2.24, 2.45) is 5.92 Å². The van der Waals surface area contributed by atoms with E-state index < -0.39 is 27.6 Å². The molecule has 1 aliphatic carbocycles. The number of halogens is 4. The highest BCUT2D eigenvalue weighted by Crippen LogP contribution is 2.48. The average molecular weight is 565 g/mol. The van der Waals surface area contributed by atoms with Gasteiger partial charge in [-0.15, -0.1) is 0 Å². The number of carbonyl (C=O) groups is 2. The zero-order valence-electron chi connectivity index (χ0n) is 18.3. The third-order valence-corrected chi connectivity index (χ3v) is 6.84. The van der Waals surface area contributed by atoms with E-state index in [1.165, 1.54) is 0 Å². The number of aliphatic carboxylic acids is 1. The van der Waals surface area contributed by atoms with Gasteiger partial charge in [-0.1, -0.05) is 41.9 Å². The van der Waals surface area contributed by atoms with Gasteiger partial charge in [-0.3, -0.25) is 9.52 Å². The highest BCUT2D eigenvalue weighted by atomic mass is 79.9. The number of carboxylic acid groups (broad SMARTS) is 1. The molecule has 1 amide bonds. The molecular formula is C22H24BrF3N2O5S. The molecule has 1 aliphatic rings. The van der Waals surface area contributed by atoms with Crippen LogP contribution in [0.5, 0.6) is 0 Å². The molecule has 0 atom stereocenters. The summed E-state index contributed by atoms with van der Waals surface area (Å²) in [7, 11) is -3.65. The van der Waals surface area contributed by atoms with Gasteiger partial charge in [0.15, 0.2) is 0 Å². The Labute approximate surface area is 203 Å². The maximum atomic E-state index is 12.5. The van der Waals surface area contributed by atoms with E-state index in [4.69, 9.17) is 9.90 Å². The highest BCUT2D eigenvalue weighted by molar-refractivity contribution is 9.10. The number of anilines is 1. The normalized spacial score (nSPS) is 14.6. The number of benzene rings is 2. The number of alkyl halides is 3. The first kappa shape index (κ1) is 27.6. The molecule has 0 aromatic heterocycles. The molecule has 186 valence electrons. The van der Waals surface area contributed by atoms with Crippen LogP contribution in [0.2, 0.25) is 0 Å². The Morgan fingerprint density at radius 3 is 1.97 bits per heavy atom. The lowest BCUT2D eigenvalue weighted by atomic mass is 9.94. The maximum Gasteiger partial charge on any atom is 0.490 e. The van der Waals surface area contributed by atoms with E-state index in [0.29, 0.717) is 18.2 Å². The Bertz CT molecular complexity index is 1110. The van der Waals surface area contributed by atoms with Crippen LogP contribution in [0.15, 0.2) is 57.9 Å². The first-order valence-electron chi connectivity index (χ1n) is 10.1. The van der Waals surface area contributed by atoms with Crippen molar-refractivity contribution in [1.29, 1.82) is 0 Å². The number of carboxylic acids is 1. The summed E-state index contributed by atoms with van der Waals surface area (Å²) in [5, 5.41) is 10.1. The number of nitrogens with one attached hydrogen (secondary N) is 2. The van der Waals surface area contributed by atoms with Crippen molar-refractivity contribution in [3.63, 3.8) is 0 Å². The van der Waals surface area contributed by atoms with Crippen molar-refractivity contribution in [1.82, 2.24) is 5.32 Å². The van der Waals surface area contributed by atoms with E-state index in [9.17, 15) is 26.4 Å². The molecule has 0 radical (unpaired) electrons. The number of rotatable bonds is 7. The monoisotopic (exact) mass is 564 g/mol. The zero-order chi connectivity index (χ0) is 25.7. The van der Waals surface area contributed by atoms with E-state index >= 15 is 0 Å². The molecule has 1 fully saturated rings. The molecule has 2 aromatic carbocycles. The molecule has 0 heterocycles. The van der Waals surface area contributed by atoms with E-state index in [2.05, 4.69) is 39.8 Å². The van der Waals surface area contributed by atoms with Gasteiger partial charge in [-0.05, 0) is 60.7 Å². The molecule has 7 nitrogen and oxygen atoms in total. The highest BCUT2D eigenvalue weighted by Gasteiger charge is 2.51. The number of carbonyl (C=O) groups excluding carboxylic acids is 1. The standard InChI is InChI=1S/C20H23BrN2O3S.C2HF3O2/c1-14(2)13-22-19(24)20(11-12-20)15-3-7-17(8-4-15)23-27(25,26)18-9-5-16(21)6-10-18;3-2(4,5)1(6)7/h3-10,14,23H,11-13H2,1-2H3,(H,22,24);(H,6,7). The fourth-order valence-electron chi connectivity index (χ4n) is 2.92. The molecule has 1 saturated carbocycles. The summed E-state index contributed by atoms with van der Waals surface area (Å²) in [6.45, 7) is 4.78. The van der Waals surface area contributed by atoms with Crippen molar-refractivity contribution < 1.29 is 36.3 Å². The van der Waals surface area contributed by atoms with Crippen LogP contribution in [-0.2, 0) is 25.0 Å². The summed E-state index contributed by atoms with van der Waals surface area (Å²) >= 11 is 3.29. The summed E-state index contributed by atoms with van der Waals surface area (Å²) in [6.07, 6.45) is -3.44. The van der Waals surface area contributed by atoms with Crippen molar-refractivity contribution in [3.05, 3.63) is 58.6 Å². The first-order chi connectivity index (χ1) is 15.7. The van der Waals surface area contributed by atoms with Crippen LogP contribution in [0.25, 0.3) is 0 Å². The number of amides is 1. The summed E-state index contributed by atoms with van der Waals surface area (Å²) < 4.78 is 60.1. The van der Waals surface area contributed by atoms with Gasteiger partial charge in [-0.25, -0.2) is 13.2 Å².